The maximum atomic E-state index is 14.7. The zero-order valence-electron chi connectivity index (χ0n) is 43.7. The van der Waals surface area contributed by atoms with Gasteiger partial charge in [-0.2, -0.15) is 0 Å². The van der Waals surface area contributed by atoms with E-state index < -0.39 is 66.6 Å². The van der Waals surface area contributed by atoms with Crippen LogP contribution in [0.1, 0.15) is 117 Å². The molecule has 70 heavy (non-hydrogen) atoms. The third kappa shape index (κ3) is 16.8. The van der Waals surface area contributed by atoms with Crippen LogP contribution in [0.5, 0.6) is 0 Å². The number of carbonyl (C=O) groups is 7. The van der Waals surface area contributed by atoms with Crippen molar-refractivity contribution in [3.8, 4) is 0 Å². The topological polar surface area (TPSA) is 235 Å². The lowest BCUT2D eigenvalue weighted by atomic mass is 9.89. The zero-order valence-corrected chi connectivity index (χ0v) is 44.5. The SMILES string of the molecule is CC[C@H](C)[C@@H]([C@@H](CC(=O)N1CCC[C@H]1C(OC)[C@@H](C)C(=O)N[C@@H](Cc1ccccc1)c1nccs1)OC)N(C)C(=O)[C@@H](NC(=O)C(C(C)C)N(C)C(=O)CNC(=O)[C@H](CCCCN)NC(C)=O)C(C)C. The lowest BCUT2D eigenvalue weighted by Gasteiger charge is -2.41. The average Bonchev–Trinajstić information content (AvgIpc) is 4.05. The van der Waals surface area contributed by atoms with Gasteiger partial charge in [0.05, 0.1) is 49.2 Å². The van der Waals surface area contributed by atoms with Gasteiger partial charge >= 0.3 is 0 Å². The van der Waals surface area contributed by atoms with Crippen molar-refractivity contribution in [3.05, 3.63) is 52.5 Å². The Bertz CT molecular complexity index is 1970. The van der Waals surface area contributed by atoms with Crippen molar-refractivity contribution in [3.63, 3.8) is 0 Å². The molecule has 1 aromatic carbocycles. The Kier molecular flexibility index (Phi) is 24.9. The van der Waals surface area contributed by atoms with E-state index in [1.807, 2.05) is 70.3 Å². The van der Waals surface area contributed by atoms with Gasteiger partial charge in [0.1, 0.15) is 23.1 Å². The second-order valence-electron chi connectivity index (χ2n) is 19.4. The number of likely N-dealkylation sites (N-methyl/N-ethyl adjacent to an activating group) is 2. The summed E-state index contributed by atoms with van der Waals surface area (Å²) >= 11 is 1.48. The van der Waals surface area contributed by atoms with E-state index in [9.17, 15) is 33.6 Å². The van der Waals surface area contributed by atoms with E-state index in [0.29, 0.717) is 51.6 Å². The summed E-state index contributed by atoms with van der Waals surface area (Å²) in [6.45, 7) is 14.9. The summed E-state index contributed by atoms with van der Waals surface area (Å²) in [6, 6.07) is 5.77. The molecular weight excluding hydrogens is 915 g/mol. The number of benzene rings is 1. The molecule has 1 fully saturated rings. The molecule has 0 spiro atoms. The van der Waals surface area contributed by atoms with Gasteiger partial charge in [-0.15, -0.1) is 11.3 Å². The number of aromatic nitrogens is 1. The molecule has 0 radical (unpaired) electrons. The van der Waals surface area contributed by atoms with Crippen LogP contribution in [0.15, 0.2) is 41.9 Å². The maximum Gasteiger partial charge on any atom is 0.245 e. The Labute approximate surface area is 420 Å². The molecule has 1 aromatic heterocycles. The van der Waals surface area contributed by atoms with E-state index in [2.05, 4.69) is 26.3 Å². The summed E-state index contributed by atoms with van der Waals surface area (Å²) in [5.41, 5.74) is 6.66. The van der Waals surface area contributed by atoms with Gasteiger partial charge in [0, 0.05) is 53.4 Å². The molecule has 0 aliphatic carbocycles. The van der Waals surface area contributed by atoms with Crippen LogP contribution in [0.25, 0.3) is 0 Å². The van der Waals surface area contributed by atoms with E-state index >= 15 is 0 Å². The Balaban J connectivity index is 1.76. The molecule has 7 amide bonds. The molecule has 392 valence electrons. The summed E-state index contributed by atoms with van der Waals surface area (Å²) < 4.78 is 12.1. The fourth-order valence-electron chi connectivity index (χ4n) is 9.54. The number of thiazole rings is 1. The lowest BCUT2D eigenvalue weighted by Crippen LogP contribution is -2.60. The molecule has 1 aliphatic rings. The summed E-state index contributed by atoms with van der Waals surface area (Å²) in [5.74, 6) is -4.24. The monoisotopic (exact) mass is 998 g/mol. The molecule has 2 unspecified atom stereocenters. The van der Waals surface area contributed by atoms with Crippen LogP contribution in [-0.2, 0) is 49.5 Å². The molecule has 3 rings (SSSR count). The predicted molar refractivity (Wildman–Crippen MR) is 271 cm³/mol. The fourth-order valence-corrected chi connectivity index (χ4v) is 10.2. The number of nitrogens with one attached hydrogen (secondary N) is 4. The number of amides is 7. The minimum absolute atomic E-state index is 0.0450. The molecular formula is C51H83N9O9S. The highest BCUT2D eigenvalue weighted by Gasteiger charge is 2.44. The number of unbranched alkanes of at least 4 members (excludes halogenated alkanes) is 1. The van der Waals surface area contributed by atoms with Crippen LogP contribution in [-0.4, -0.2) is 151 Å². The first kappa shape index (κ1) is 59.3. The first-order valence-electron chi connectivity index (χ1n) is 24.9. The molecule has 10 atom stereocenters. The van der Waals surface area contributed by atoms with Gasteiger partial charge in [-0.05, 0) is 68.4 Å². The number of hydrogen-bond donors (Lipinski definition) is 5. The molecule has 1 saturated heterocycles. The summed E-state index contributed by atoms with van der Waals surface area (Å²) in [7, 11) is 6.23. The standard InChI is InChI=1S/C51H83N9O9S/c1-13-33(6)45(59(10)51(67)43(31(2)3)57-49(66)44(32(4)5)58(9)42(63)30-54-48(65)37(55-35(8)61)22-17-18-24-52)40(68-11)29-41(62)60-26-19-23-39(60)46(69-12)34(7)47(64)56-38(50-53-25-27-70-50)28-36-20-15-14-16-21-36/h14-16,20-21,25,27,31-34,37-40,43-46H,13,17-19,22-24,26,28-30,52H2,1-12H3,(H,54,65)(H,55,61)(H,56,64)(H,57,66)/t33-,34+,37-,38-,39-,40+,43-,44?,45-,46?/m0/s1. The highest BCUT2D eigenvalue weighted by Crippen LogP contribution is 2.31. The van der Waals surface area contributed by atoms with Crippen molar-refractivity contribution in [1.82, 2.24) is 41.0 Å². The van der Waals surface area contributed by atoms with Crippen molar-refractivity contribution in [2.45, 2.75) is 155 Å². The van der Waals surface area contributed by atoms with E-state index in [1.54, 1.807) is 44.0 Å². The number of likely N-dealkylation sites (tertiary alicyclic amines) is 1. The number of hydrogen-bond acceptors (Lipinski definition) is 12. The molecule has 2 heterocycles. The zero-order chi connectivity index (χ0) is 52.2. The molecule has 0 saturated carbocycles. The third-order valence-corrected chi connectivity index (χ3v) is 14.5. The molecule has 18 nitrogen and oxygen atoms in total. The molecule has 0 bridgehead atoms. The fraction of sp³-hybridized carbons (Fsp3) is 0.686. The van der Waals surface area contributed by atoms with Crippen molar-refractivity contribution >= 4 is 52.7 Å². The van der Waals surface area contributed by atoms with E-state index in [0.717, 1.165) is 17.0 Å². The van der Waals surface area contributed by atoms with Gasteiger partial charge in [-0.3, -0.25) is 33.6 Å². The number of nitrogens with two attached hydrogens (primary N) is 1. The number of ether oxygens (including phenoxy) is 2. The van der Waals surface area contributed by atoms with Gasteiger partial charge in [0.2, 0.25) is 41.4 Å². The van der Waals surface area contributed by atoms with Crippen LogP contribution in [0, 0.1) is 23.7 Å². The Morgan fingerprint density at radius 3 is 2.13 bits per heavy atom. The van der Waals surface area contributed by atoms with Crippen LogP contribution in [0.3, 0.4) is 0 Å². The Hall–Kier alpha value is -4.98. The predicted octanol–water partition coefficient (Wildman–Crippen LogP) is 3.84. The quantitative estimate of drug-likeness (QED) is 0.0735. The maximum absolute atomic E-state index is 14.7. The molecule has 6 N–H and O–H groups in total. The van der Waals surface area contributed by atoms with Crippen molar-refractivity contribution in [2.75, 3.05) is 47.9 Å². The van der Waals surface area contributed by atoms with E-state index in [4.69, 9.17) is 15.2 Å². The summed E-state index contributed by atoms with van der Waals surface area (Å²) in [4.78, 5) is 105. The van der Waals surface area contributed by atoms with Gasteiger partial charge in [0.15, 0.2) is 0 Å². The van der Waals surface area contributed by atoms with Crippen LogP contribution in [0.2, 0.25) is 0 Å². The largest absolute Gasteiger partial charge is 0.379 e. The lowest BCUT2D eigenvalue weighted by molar-refractivity contribution is -0.148. The van der Waals surface area contributed by atoms with E-state index in [-0.39, 0.29) is 59.9 Å². The minimum Gasteiger partial charge on any atom is -0.379 e. The van der Waals surface area contributed by atoms with Crippen LogP contribution < -0.4 is 27.0 Å². The van der Waals surface area contributed by atoms with Gasteiger partial charge in [-0.1, -0.05) is 85.2 Å². The van der Waals surface area contributed by atoms with Gasteiger partial charge in [0.25, 0.3) is 0 Å². The molecule has 2 aromatic rings. The first-order valence-corrected chi connectivity index (χ1v) is 25.8. The highest BCUT2D eigenvalue weighted by atomic mass is 32.1. The van der Waals surface area contributed by atoms with Crippen molar-refractivity contribution < 1.29 is 43.0 Å². The Morgan fingerprint density at radius 2 is 1.57 bits per heavy atom. The molecule has 19 heteroatoms. The number of rotatable bonds is 29. The summed E-state index contributed by atoms with van der Waals surface area (Å²) in [5, 5.41) is 14.1. The second kappa shape index (κ2) is 29.4. The summed E-state index contributed by atoms with van der Waals surface area (Å²) in [6.07, 6.45) is 4.56. The van der Waals surface area contributed by atoms with Crippen molar-refractivity contribution in [1.29, 1.82) is 0 Å². The van der Waals surface area contributed by atoms with Crippen molar-refractivity contribution in [2.24, 2.45) is 29.4 Å². The number of methoxy groups -OCH3 is 2. The van der Waals surface area contributed by atoms with Gasteiger partial charge < -0.3 is 51.2 Å². The number of nitrogens with zero attached hydrogens (tertiary/aromatic N) is 4. The highest BCUT2D eigenvalue weighted by molar-refractivity contribution is 7.09. The average molecular weight is 998 g/mol. The number of carbonyl (C=O) groups excluding carboxylic acids is 7. The first-order chi connectivity index (χ1) is 33.2. The Morgan fingerprint density at radius 1 is 0.886 bits per heavy atom. The van der Waals surface area contributed by atoms with E-state index in [1.165, 1.54) is 37.3 Å². The minimum atomic E-state index is -1.01. The second-order valence-corrected chi connectivity index (χ2v) is 20.3. The smallest absolute Gasteiger partial charge is 0.245 e. The molecule has 1 aliphatic heterocycles. The van der Waals surface area contributed by atoms with Crippen LogP contribution >= 0.6 is 11.3 Å². The van der Waals surface area contributed by atoms with Crippen LogP contribution in [0.4, 0.5) is 0 Å². The van der Waals surface area contributed by atoms with Gasteiger partial charge in [-0.25, -0.2) is 4.98 Å². The third-order valence-electron chi connectivity index (χ3n) is 13.6. The normalized spacial score (nSPS) is 17.6.